The van der Waals surface area contributed by atoms with Gasteiger partial charge < -0.3 is 15.2 Å². The molecule has 0 saturated carbocycles. The largest absolute Gasteiger partial charge is 0.494 e. The predicted molar refractivity (Wildman–Crippen MR) is 117 cm³/mol. The summed E-state index contributed by atoms with van der Waals surface area (Å²) < 4.78 is 5.41. The van der Waals surface area contributed by atoms with Gasteiger partial charge >= 0.3 is 5.97 Å². The van der Waals surface area contributed by atoms with Gasteiger partial charge in [0.1, 0.15) is 10.8 Å². The fourth-order valence-corrected chi connectivity index (χ4v) is 3.81. The number of aryl methyl sites for hydroxylation is 1. The van der Waals surface area contributed by atoms with Crippen molar-refractivity contribution in [2.24, 2.45) is 5.92 Å². The number of benzene rings is 2. The molecule has 0 spiro atoms. The summed E-state index contributed by atoms with van der Waals surface area (Å²) in [5, 5.41) is 15.1. The summed E-state index contributed by atoms with van der Waals surface area (Å²) in [6, 6.07) is 14.5. The lowest BCUT2D eigenvalue weighted by Gasteiger charge is -2.14. The molecule has 6 nitrogen and oxygen atoms in total. The maximum atomic E-state index is 12.6. The molecule has 2 N–H and O–H groups in total. The molecule has 0 fully saturated rings. The fraction of sp³-hybridized carbons (Fsp3) is 0.261. The van der Waals surface area contributed by atoms with Crippen LogP contribution in [0.15, 0.2) is 53.9 Å². The molecule has 30 heavy (non-hydrogen) atoms. The van der Waals surface area contributed by atoms with E-state index in [2.05, 4.69) is 10.3 Å². The van der Waals surface area contributed by atoms with E-state index >= 15 is 0 Å². The summed E-state index contributed by atoms with van der Waals surface area (Å²) in [6.07, 6.45) is 0.320. The van der Waals surface area contributed by atoms with Crippen molar-refractivity contribution in [1.82, 2.24) is 10.3 Å². The van der Waals surface area contributed by atoms with Crippen LogP contribution in [-0.4, -0.2) is 35.1 Å². The third kappa shape index (κ3) is 5.67. The number of carbonyl (C=O) groups is 2. The zero-order valence-corrected chi connectivity index (χ0v) is 17.7. The van der Waals surface area contributed by atoms with E-state index < -0.39 is 11.9 Å². The number of nitrogens with one attached hydrogen (secondary N) is 1. The van der Waals surface area contributed by atoms with Crippen LogP contribution in [0.2, 0.25) is 0 Å². The Hall–Kier alpha value is -3.19. The van der Waals surface area contributed by atoms with Gasteiger partial charge in [-0.3, -0.25) is 9.59 Å². The lowest BCUT2D eigenvalue weighted by Crippen LogP contribution is -2.34. The average molecular weight is 425 g/mol. The minimum atomic E-state index is -0.948. The number of hydrogen-bond acceptors (Lipinski definition) is 5. The number of carboxylic acids is 1. The molecule has 7 heteroatoms. The fourth-order valence-electron chi connectivity index (χ4n) is 3.02. The van der Waals surface area contributed by atoms with Crippen LogP contribution >= 0.6 is 11.3 Å². The van der Waals surface area contributed by atoms with Gasteiger partial charge in [-0.05, 0) is 50.1 Å². The standard InChI is InChI=1S/C23H24N2O4S/c1-3-29-20-9-7-16(8-10-20)11-19(23(27)28)13-24-21(26)17-5-4-6-18(12-17)22-25-15(2)14-30-22/h4-10,12,14,19H,3,11,13H2,1-2H3,(H,24,26)(H,27,28). The molecule has 0 aliphatic carbocycles. The molecule has 0 aliphatic rings. The second-order valence-corrected chi connectivity index (χ2v) is 7.76. The van der Waals surface area contributed by atoms with Crippen molar-refractivity contribution in [3.8, 4) is 16.3 Å². The number of thiazole rings is 1. The van der Waals surface area contributed by atoms with Crippen molar-refractivity contribution in [2.45, 2.75) is 20.3 Å². The highest BCUT2D eigenvalue weighted by atomic mass is 32.1. The molecule has 1 unspecified atom stereocenters. The summed E-state index contributed by atoms with van der Waals surface area (Å²) in [6.45, 7) is 4.45. The smallest absolute Gasteiger partial charge is 0.308 e. The number of nitrogens with zero attached hydrogens (tertiary/aromatic N) is 1. The first kappa shape index (κ1) is 21.5. The number of aliphatic carboxylic acids is 1. The average Bonchev–Trinajstić information content (AvgIpc) is 3.18. The van der Waals surface area contributed by atoms with E-state index in [9.17, 15) is 14.7 Å². The topological polar surface area (TPSA) is 88.5 Å². The van der Waals surface area contributed by atoms with Crippen molar-refractivity contribution < 1.29 is 19.4 Å². The Morgan fingerprint density at radius 2 is 1.97 bits per heavy atom. The lowest BCUT2D eigenvalue weighted by molar-refractivity contribution is -0.141. The van der Waals surface area contributed by atoms with Gasteiger partial charge in [-0.15, -0.1) is 11.3 Å². The van der Waals surface area contributed by atoms with E-state index in [0.29, 0.717) is 18.6 Å². The summed E-state index contributed by atoms with van der Waals surface area (Å²) in [5.74, 6) is -1.23. The quantitative estimate of drug-likeness (QED) is 0.538. The highest BCUT2D eigenvalue weighted by Gasteiger charge is 2.20. The molecule has 1 amide bonds. The van der Waals surface area contributed by atoms with Crippen molar-refractivity contribution in [2.75, 3.05) is 13.2 Å². The Morgan fingerprint density at radius 1 is 1.20 bits per heavy atom. The van der Waals surface area contributed by atoms with E-state index in [1.807, 2.05) is 49.6 Å². The molecule has 3 rings (SSSR count). The SMILES string of the molecule is CCOc1ccc(CC(CNC(=O)c2cccc(-c3nc(C)cs3)c2)C(=O)O)cc1. The van der Waals surface area contributed by atoms with Crippen LogP contribution in [0.1, 0.15) is 28.5 Å². The van der Waals surface area contributed by atoms with Crippen molar-refractivity contribution in [3.63, 3.8) is 0 Å². The van der Waals surface area contributed by atoms with Crippen LogP contribution in [0.3, 0.4) is 0 Å². The Balaban J connectivity index is 1.63. The third-order valence-corrected chi connectivity index (χ3v) is 5.57. The zero-order chi connectivity index (χ0) is 21.5. The number of carbonyl (C=O) groups excluding carboxylic acids is 1. The molecule has 156 valence electrons. The van der Waals surface area contributed by atoms with Crippen LogP contribution in [0.5, 0.6) is 5.75 Å². The number of carboxylic acid groups (broad SMARTS) is 1. The molecule has 0 aliphatic heterocycles. The number of amides is 1. The van der Waals surface area contributed by atoms with Crippen LogP contribution in [-0.2, 0) is 11.2 Å². The van der Waals surface area contributed by atoms with Gasteiger partial charge in [-0.2, -0.15) is 0 Å². The Labute approximate surface area is 179 Å². The molecule has 3 aromatic rings. The van der Waals surface area contributed by atoms with Crippen LogP contribution in [0.25, 0.3) is 10.6 Å². The molecule has 1 heterocycles. The molecular weight excluding hydrogens is 400 g/mol. The minimum absolute atomic E-state index is 0.0436. The molecule has 1 atom stereocenters. The van der Waals surface area contributed by atoms with Gasteiger partial charge in [0.25, 0.3) is 5.91 Å². The molecule has 0 bridgehead atoms. The highest BCUT2D eigenvalue weighted by Crippen LogP contribution is 2.24. The van der Waals surface area contributed by atoms with Crippen LogP contribution in [0, 0.1) is 12.8 Å². The van der Waals surface area contributed by atoms with Crippen molar-refractivity contribution in [1.29, 1.82) is 0 Å². The van der Waals surface area contributed by atoms with Gasteiger partial charge in [-0.25, -0.2) is 4.98 Å². The van der Waals surface area contributed by atoms with E-state index in [1.54, 1.807) is 18.2 Å². The first-order valence-corrected chi connectivity index (χ1v) is 10.6. The van der Waals surface area contributed by atoms with Crippen LogP contribution in [0.4, 0.5) is 0 Å². The highest BCUT2D eigenvalue weighted by molar-refractivity contribution is 7.13. The predicted octanol–water partition coefficient (Wildman–Crippen LogP) is 4.19. The van der Waals surface area contributed by atoms with E-state index in [-0.39, 0.29) is 12.5 Å². The number of hydrogen-bond donors (Lipinski definition) is 2. The van der Waals surface area contributed by atoms with E-state index in [0.717, 1.165) is 27.6 Å². The first-order valence-electron chi connectivity index (χ1n) is 9.71. The first-order chi connectivity index (χ1) is 14.5. The molecule has 0 saturated heterocycles. The van der Waals surface area contributed by atoms with E-state index in [4.69, 9.17) is 4.74 Å². The molecule has 2 aromatic carbocycles. The third-order valence-electron chi connectivity index (χ3n) is 4.57. The Kier molecular flexibility index (Phi) is 7.19. The zero-order valence-electron chi connectivity index (χ0n) is 16.9. The second-order valence-electron chi connectivity index (χ2n) is 6.90. The number of ether oxygens (including phenoxy) is 1. The second kappa shape index (κ2) is 10.0. The van der Waals surface area contributed by atoms with Crippen LogP contribution < -0.4 is 10.1 Å². The summed E-state index contributed by atoms with van der Waals surface area (Å²) >= 11 is 1.52. The number of aromatic nitrogens is 1. The summed E-state index contributed by atoms with van der Waals surface area (Å²) in [5.41, 5.74) is 3.15. The van der Waals surface area contributed by atoms with Crippen molar-refractivity contribution in [3.05, 3.63) is 70.7 Å². The Bertz CT molecular complexity index is 1010. The molecular formula is C23H24N2O4S. The maximum absolute atomic E-state index is 12.6. The van der Waals surface area contributed by atoms with Gasteiger partial charge in [0.15, 0.2) is 0 Å². The summed E-state index contributed by atoms with van der Waals surface area (Å²) in [7, 11) is 0. The van der Waals surface area contributed by atoms with Gasteiger partial charge in [0.05, 0.1) is 12.5 Å². The lowest BCUT2D eigenvalue weighted by atomic mass is 9.99. The van der Waals surface area contributed by atoms with Gasteiger partial charge in [0.2, 0.25) is 0 Å². The minimum Gasteiger partial charge on any atom is -0.494 e. The van der Waals surface area contributed by atoms with E-state index in [1.165, 1.54) is 11.3 Å². The maximum Gasteiger partial charge on any atom is 0.308 e. The monoisotopic (exact) mass is 424 g/mol. The molecule has 0 radical (unpaired) electrons. The van der Waals surface area contributed by atoms with Gasteiger partial charge in [-0.1, -0.05) is 24.3 Å². The Morgan fingerprint density at radius 3 is 2.60 bits per heavy atom. The number of rotatable bonds is 9. The summed E-state index contributed by atoms with van der Waals surface area (Å²) in [4.78, 5) is 28.7. The van der Waals surface area contributed by atoms with Crippen molar-refractivity contribution >= 4 is 23.2 Å². The molecule has 1 aromatic heterocycles. The van der Waals surface area contributed by atoms with Gasteiger partial charge in [0, 0.05) is 28.7 Å². The normalized spacial score (nSPS) is 11.7.